The molecule has 1 atom stereocenters. The van der Waals surface area contributed by atoms with Crippen LogP contribution >= 0.6 is 0 Å². The Kier molecular flexibility index (Phi) is 5.74. The van der Waals surface area contributed by atoms with Crippen molar-refractivity contribution in [2.24, 2.45) is 11.5 Å². The summed E-state index contributed by atoms with van der Waals surface area (Å²) in [7, 11) is 4.76. The van der Waals surface area contributed by atoms with Crippen molar-refractivity contribution in [3.63, 3.8) is 0 Å². The lowest BCUT2D eigenvalue weighted by Crippen LogP contribution is -2.13. The van der Waals surface area contributed by atoms with Gasteiger partial charge in [0.2, 0.25) is 5.75 Å². The van der Waals surface area contributed by atoms with E-state index in [1.807, 2.05) is 12.1 Å². The van der Waals surface area contributed by atoms with Crippen molar-refractivity contribution in [3.8, 4) is 17.2 Å². The Morgan fingerprint density at radius 3 is 2.00 bits per heavy atom. The Morgan fingerprint density at radius 2 is 1.61 bits per heavy atom. The fraction of sp³-hybridized carbons (Fsp3) is 0.538. The summed E-state index contributed by atoms with van der Waals surface area (Å²) < 4.78 is 15.8. The SMILES string of the molecule is COc1cc([C@@H](N)CCCN)cc(OC)c1OC. The highest BCUT2D eigenvalue weighted by Crippen LogP contribution is 2.39. The van der Waals surface area contributed by atoms with Crippen molar-refractivity contribution in [2.75, 3.05) is 27.9 Å². The smallest absolute Gasteiger partial charge is 0.203 e. The van der Waals surface area contributed by atoms with Crippen molar-refractivity contribution in [1.82, 2.24) is 0 Å². The predicted molar refractivity (Wildman–Crippen MR) is 71.3 cm³/mol. The van der Waals surface area contributed by atoms with Gasteiger partial charge in [-0.25, -0.2) is 0 Å². The van der Waals surface area contributed by atoms with Crippen molar-refractivity contribution in [1.29, 1.82) is 0 Å². The molecule has 1 rings (SSSR count). The first kappa shape index (κ1) is 14.6. The van der Waals surface area contributed by atoms with Crippen LogP contribution in [0.15, 0.2) is 12.1 Å². The maximum absolute atomic E-state index is 6.11. The fourth-order valence-corrected chi connectivity index (χ4v) is 1.82. The lowest BCUT2D eigenvalue weighted by Gasteiger charge is -2.17. The highest BCUT2D eigenvalue weighted by molar-refractivity contribution is 5.54. The third-order valence-electron chi connectivity index (χ3n) is 2.83. The topological polar surface area (TPSA) is 79.7 Å². The molecule has 1 aromatic carbocycles. The zero-order valence-corrected chi connectivity index (χ0v) is 11.2. The third-order valence-corrected chi connectivity index (χ3v) is 2.83. The molecule has 18 heavy (non-hydrogen) atoms. The Morgan fingerprint density at radius 1 is 1.06 bits per heavy atom. The molecule has 5 nitrogen and oxygen atoms in total. The molecule has 0 aliphatic carbocycles. The van der Waals surface area contributed by atoms with Crippen molar-refractivity contribution < 1.29 is 14.2 Å². The maximum Gasteiger partial charge on any atom is 0.203 e. The van der Waals surface area contributed by atoms with Gasteiger partial charge >= 0.3 is 0 Å². The summed E-state index contributed by atoms with van der Waals surface area (Å²) in [4.78, 5) is 0. The van der Waals surface area contributed by atoms with Crippen LogP contribution in [0.5, 0.6) is 17.2 Å². The molecule has 0 heterocycles. The van der Waals surface area contributed by atoms with Crippen molar-refractivity contribution in [2.45, 2.75) is 18.9 Å². The molecule has 0 aromatic heterocycles. The summed E-state index contributed by atoms with van der Waals surface area (Å²) in [5, 5.41) is 0. The molecule has 0 aliphatic heterocycles. The van der Waals surface area contributed by atoms with Gasteiger partial charge in [-0.05, 0) is 37.1 Å². The number of hydrogen-bond acceptors (Lipinski definition) is 5. The van der Waals surface area contributed by atoms with Crippen LogP contribution < -0.4 is 25.7 Å². The first-order valence-corrected chi connectivity index (χ1v) is 5.93. The largest absolute Gasteiger partial charge is 0.493 e. The zero-order chi connectivity index (χ0) is 13.5. The van der Waals surface area contributed by atoms with Gasteiger partial charge in [0.1, 0.15) is 0 Å². The summed E-state index contributed by atoms with van der Waals surface area (Å²) in [5.74, 6) is 1.82. The van der Waals surface area contributed by atoms with Gasteiger partial charge in [-0.3, -0.25) is 0 Å². The van der Waals surface area contributed by atoms with Gasteiger partial charge in [-0.15, -0.1) is 0 Å². The minimum atomic E-state index is -0.0812. The number of benzene rings is 1. The molecule has 0 spiro atoms. The van der Waals surface area contributed by atoms with Gasteiger partial charge in [0.05, 0.1) is 21.3 Å². The minimum absolute atomic E-state index is 0.0812. The average molecular weight is 254 g/mol. The standard InChI is InChI=1S/C13H22N2O3/c1-16-11-7-9(10(15)5-4-6-14)8-12(17-2)13(11)18-3/h7-8,10H,4-6,14-15H2,1-3H3/t10-/m0/s1. The fourth-order valence-electron chi connectivity index (χ4n) is 1.82. The Labute approximate surface area is 108 Å². The van der Waals surface area contributed by atoms with Gasteiger partial charge in [0.15, 0.2) is 11.5 Å². The van der Waals surface area contributed by atoms with Crippen molar-refractivity contribution in [3.05, 3.63) is 17.7 Å². The number of methoxy groups -OCH3 is 3. The van der Waals surface area contributed by atoms with E-state index >= 15 is 0 Å². The molecule has 0 radical (unpaired) electrons. The second-order valence-corrected chi connectivity index (χ2v) is 4.00. The van der Waals surface area contributed by atoms with E-state index in [1.165, 1.54) is 0 Å². The van der Waals surface area contributed by atoms with E-state index in [1.54, 1.807) is 21.3 Å². The minimum Gasteiger partial charge on any atom is -0.493 e. The van der Waals surface area contributed by atoms with Crippen molar-refractivity contribution >= 4 is 0 Å². The Hall–Kier alpha value is -1.46. The number of ether oxygens (including phenoxy) is 3. The van der Waals surface area contributed by atoms with Gasteiger partial charge in [0, 0.05) is 6.04 Å². The summed E-state index contributed by atoms with van der Waals surface area (Å²) in [6, 6.07) is 3.67. The first-order valence-electron chi connectivity index (χ1n) is 5.93. The Balaban J connectivity index is 3.06. The van der Waals surface area contributed by atoms with E-state index in [9.17, 15) is 0 Å². The van der Waals surface area contributed by atoms with E-state index in [0.717, 1.165) is 18.4 Å². The van der Waals surface area contributed by atoms with Crippen LogP contribution in [0.3, 0.4) is 0 Å². The second-order valence-electron chi connectivity index (χ2n) is 4.00. The molecule has 0 aliphatic rings. The summed E-state index contributed by atoms with van der Waals surface area (Å²) in [6.45, 7) is 0.637. The molecule has 1 aromatic rings. The van der Waals surface area contributed by atoms with Crippen LogP contribution in [0.25, 0.3) is 0 Å². The molecule has 0 amide bonds. The van der Waals surface area contributed by atoms with E-state index in [0.29, 0.717) is 23.8 Å². The van der Waals surface area contributed by atoms with Crippen LogP contribution in [0.2, 0.25) is 0 Å². The predicted octanol–water partition coefficient (Wildman–Crippen LogP) is 1.45. The lowest BCUT2D eigenvalue weighted by molar-refractivity contribution is 0.323. The quantitative estimate of drug-likeness (QED) is 0.770. The first-order chi connectivity index (χ1) is 8.67. The third kappa shape index (κ3) is 3.27. The number of hydrogen-bond donors (Lipinski definition) is 2. The monoisotopic (exact) mass is 254 g/mol. The van der Waals surface area contributed by atoms with Crippen LogP contribution in [-0.2, 0) is 0 Å². The van der Waals surface area contributed by atoms with E-state index < -0.39 is 0 Å². The molecule has 102 valence electrons. The van der Waals surface area contributed by atoms with E-state index in [-0.39, 0.29) is 6.04 Å². The summed E-state index contributed by atoms with van der Waals surface area (Å²) >= 11 is 0. The number of rotatable bonds is 7. The normalized spacial score (nSPS) is 12.1. The molecule has 4 N–H and O–H groups in total. The van der Waals surface area contributed by atoms with E-state index in [2.05, 4.69) is 0 Å². The molecular weight excluding hydrogens is 232 g/mol. The highest BCUT2D eigenvalue weighted by Gasteiger charge is 2.16. The van der Waals surface area contributed by atoms with Crippen LogP contribution in [0, 0.1) is 0 Å². The molecule has 0 bridgehead atoms. The van der Waals surface area contributed by atoms with Gasteiger partial charge in [-0.2, -0.15) is 0 Å². The van der Waals surface area contributed by atoms with E-state index in [4.69, 9.17) is 25.7 Å². The van der Waals surface area contributed by atoms with Gasteiger partial charge < -0.3 is 25.7 Å². The van der Waals surface area contributed by atoms with Crippen LogP contribution in [0.1, 0.15) is 24.4 Å². The molecule has 0 saturated carbocycles. The Bertz CT molecular complexity index is 357. The van der Waals surface area contributed by atoms with Crippen LogP contribution in [-0.4, -0.2) is 27.9 Å². The molecule has 0 saturated heterocycles. The number of nitrogens with two attached hydrogens (primary N) is 2. The highest BCUT2D eigenvalue weighted by atomic mass is 16.5. The lowest BCUT2D eigenvalue weighted by atomic mass is 10.0. The summed E-state index contributed by atoms with van der Waals surface area (Å²) in [6.07, 6.45) is 1.72. The van der Waals surface area contributed by atoms with Gasteiger partial charge in [0.25, 0.3) is 0 Å². The average Bonchev–Trinajstić information content (AvgIpc) is 2.42. The van der Waals surface area contributed by atoms with Gasteiger partial charge in [-0.1, -0.05) is 0 Å². The molecular formula is C13H22N2O3. The molecule has 5 heteroatoms. The zero-order valence-electron chi connectivity index (χ0n) is 11.2. The molecule has 0 unspecified atom stereocenters. The summed E-state index contributed by atoms with van der Waals surface area (Å²) in [5.41, 5.74) is 12.6. The van der Waals surface area contributed by atoms with Crippen LogP contribution in [0.4, 0.5) is 0 Å². The molecule has 0 fully saturated rings. The second kappa shape index (κ2) is 7.08. The maximum atomic E-state index is 6.11.